The molecular weight excluding hydrogens is 448 g/mol. The smallest absolute Gasteiger partial charge is 0.345 e. The van der Waals surface area contributed by atoms with Gasteiger partial charge in [0.2, 0.25) is 0 Å². The van der Waals surface area contributed by atoms with Gasteiger partial charge in [-0.25, -0.2) is 9.59 Å². The number of hydrogen-bond acceptors (Lipinski definition) is 16. The van der Waals surface area contributed by atoms with Gasteiger partial charge in [0.15, 0.2) is 12.2 Å². The van der Waals surface area contributed by atoms with Crippen LogP contribution in [0.5, 0.6) is 0 Å². The second-order valence-electron chi connectivity index (χ2n) is 6.44. The topological polar surface area (TPSA) is 289 Å². The van der Waals surface area contributed by atoms with E-state index in [0.717, 1.165) is 0 Å². The lowest BCUT2D eigenvalue weighted by Gasteiger charge is -2.24. The fourth-order valence-electron chi connectivity index (χ4n) is 1.97. The number of aliphatic hydroxyl groups is 10. The molecule has 0 aliphatic rings. The Labute approximate surface area is 179 Å². The monoisotopic (exact) mass is 474 g/mol. The predicted molar refractivity (Wildman–Crippen MR) is 93.7 cm³/mol. The van der Waals surface area contributed by atoms with Gasteiger partial charge in [-0.3, -0.25) is 9.59 Å². The quantitative estimate of drug-likeness (QED) is 0.0875. The number of esters is 4. The van der Waals surface area contributed by atoms with Crippen molar-refractivity contribution < 1.29 is 79.7 Å². The summed E-state index contributed by atoms with van der Waals surface area (Å²) in [6, 6.07) is 0. The zero-order valence-electron chi connectivity index (χ0n) is 16.4. The van der Waals surface area contributed by atoms with Crippen molar-refractivity contribution in [3.8, 4) is 0 Å². The molecule has 0 aromatic rings. The van der Waals surface area contributed by atoms with Crippen LogP contribution in [-0.2, 0) is 28.7 Å². The van der Waals surface area contributed by atoms with Gasteiger partial charge in [0.25, 0.3) is 0 Å². The third kappa shape index (κ3) is 9.17. The minimum absolute atomic E-state index is 0.910. The van der Waals surface area contributed by atoms with Gasteiger partial charge in [0, 0.05) is 0 Å². The number of carbonyl (C=O) groups excluding carboxylic acids is 4. The maximum Gasteiger partial charge on any atom is 0.345 e. The maximum atomic E-state index is 11.5. The molecule has 32 heavy (non-hydrogen) atoms. The van der Waals surface area contributed by atoms with E-state index in [2.05, 4.69) is 9.47 Å². The van der Waals surface area contributed by atoms with Gasteiger partial charge in [-0.1, -0.05) is 0 Å². The van der Waals surface area contributed by atoms with Crippen molar-refractivity contribution in [1.82, 2.24) is 0 Å². The summed E-state index contributed by atoms with van der Waals surface area (Å²) in [5.74, 6) is -6.45. The van der Waals surface area contributed by atoms with Gasteiger partial charge in [0.1, 0.15) is 36.6 Å². The molecule has 16 heteroatoms. The highest BCUT2D eigenvalue weighted by atomic mass is 16.6. The zero-order valence-corrected chi connectivity index (χ0v) is 16.4. The number of ether oxygens (including phenoxy) is 2. The SMILES string of the molecule is O=C(CCC(=O)OC(=O)[C@H](O)[C@@H](O)[C@H](O)[C@H](O)CO)OC(=O)[C@H](O)[C@@H](O)[C@H](O)[C@H](O)CO. The molecule has 0 rings (SSSR count). The summed E-state index contributed by atoms with van der Waals surface area (Å²) in [5, 5.41) is 92.2. The normalized spacial score (nSPS) is 18.9. The highest BCUT2D eigenvalue weighted by molar-refractivity contribution is 5.92. The molecule has 0 unspecified atom stereocenters. The van der Waals surface area contributed by atoms with Crippen molar-refractivity contribution in [2.45, 2.75) is 61.7 Å². The van der Waals surface area contributed by atoms with Crippen molar-refractivity contribution in [2.24, 2.45) is 0 Å². The van der Waals surface area contributed by atoms with Crippen molar-refractivity contribution in [2.75, 3.05) is 13.2 Å². The van der Waals surface area contributed by atoms with E-state index in [1.165, 1.54) is 0 Å². The molecular formula is C16H26O16. The first-order chi connectivity index (χ1) is 14.8. The van der Waals surface area contributed by atoms with Crippen LogP contribution in [0, 0.1) is 0 Å². The van der Waals surface area contributed by atoms with Crippen LogP contribution >= 0.6 is 0 Å². The van der Waals surface area contributed by atoms with Crippen molar-refractivity contribution in [3.63, 3.8) is 0 Å². The highest BCUT2D eigenvalue weighted by Gasteiger charge is 2.37. The summed E-state index contributed by atoms with van der Waals surface area (Å²) in [6.45, 7) is -2.04. The minimum atomic E-state index is -2.51. The maximum absolute atomic E-state index is 11.5. The van der Waals surface area contributed by atoms with E-state index >= 15 is 0 Å². The number of hydrogen-bond donors (Lipinski definition) is 10. The summed E-state index contributed by atoms with van der Waals surface area (Å²) >= 11 is 0. The first-order valence-corrected chi connectivity index (χ1v) is 8.93. The van der Waals surface area contributed by atoms with Crippen LogP contribution in [0.1, 0.15) is 12.8 Å². The summed E-state index contributed by atoms with van der Waals surface area (Å²) in [6.07, 6.45) is -19.7. The largest absolute Gasteiger partial charge is 0.394 e. The summed E-state index contributed by atoms with van der Waals surface area (Å²) in [7, 11) is 0. The van der Waals surface area contributed by atoms with Crippen LogP contribution in [0.25, 0.3) is 0 Å². The minimum Gasteiger partial charge on any atom is -0.394 e. The second kappa shape index (κ2) is 14.1. The predicted octanol–water partition coefficient (Wildman–Crippen LogP) is -7.22. The fourth-order valence-corrected chi connectivity index (χ4v) is 1.97. The first kappa shape index (κ1) is 29.9. The van der Waals surface area contributed by atoms with Gasteiger partial charge in [-0.05, 0) is 0 Å². The standard InChI is InChI=1S/C16H26O16/c17-3-5(19)9(23)11(25)13(27)15(29)31-7(21)1-2-8(22)32-16(30)14(28)12(26)10(24)6(20)4-18/h5-6,9-14,17-20,23-28H,1-4H2/t5-,6-,9-,10-,11+,12+,13-,14-/m1/s1. The van der Waals surface area contributed by atoms with Gasteiger partial charge in [-0.15, -0.1) is 0 Å². The van der Waals surface area contributed by atoms with Crippen LogP contribution < -0.4 is 0 Å². The van der Waals surface area contributed by atoms with E-state index in [0.29, 0.717) is 0 Å². The van der Waals surface area contributed by atoms with E-state index < -0.39 is 98.8 Å². The van der Waals surface area contributed by atoms with Crippen LogP contribution in [0.15, 0.2) is 0 Å². The summed E-state index contributed by atoms with van der Waals surface area (Å²) in [5.41, 5.74) is 0. The van der Waals surface area contributed by atoms with Crippen molar-refractivity contribution >= 4 is 23.9 Å². The van der Waals surface area contributed by atoms with Gasteiger partial charge < -0.3 is 60.5 Å². The average molecular weight is 474 g/mol. The number of aliphatic hydroxyl groups excluding tert-OH is 10. The Bertz CT molecular complexity index is 584. The summed E-state index contributed by atoms with van der Waals surface area (Å²) < 4.78 is 8.20. The van der Waals surface area contributed by atoms with Crippen LogP contribution in [0.2, 0.25) is 0 Å². The molecule has 0 aromatic heterocycles. The molecule has 186 valence electrons. The van der Waals surface area contributed by atoms with Crippen molar-refractivity contribution in [1.29, 1.82) is 0 Å². The third-order valence-electron chi connectivity index (χ3n) is 3.95. The molecule has 16 nitrogen and oxygen atoms in total. The Balaban J connectivity index is 4.58. The Morgan fingerprint density at radius 2 is 0.812 bits per heavy atom. The molecule has 8 atom stereocenters. The third-order valence-corrected chi connectivity index (χ3v) is 3.95. The Hall–Kier alpha value is -2.12. The molecule has 0 radical (unpaired) electrons. The lowest BCUT2D eigenvalue weighted by molar-refractivity contribution is -0.180. The average Bonchev–Trinajstić information content (AvgIpc) is 2.78. The summed E-state index contributed by atoms with van der Waals surface area (Å²) in [4.78, 5) is 46.1. The molecule has 0 aromatic carbocycles. The lowest BCUT2D eigenvalue weighted by atomic mass is 10.0. The molecule has 0 heterocycles. The van der Waals surface area contributed by atoms with E-state index in [-0.39, 0.29) is 0 Å². The van der Waals surface area contributed by atoms with E-state index in [9.17, 15) is 49.8 Å². The van der Waals surface area contributed by atoms with Crippen LogP contribution in [-0.4, -0.2) is 137 Å². The molecule has 0 saturated heterocycles. The lowest BCUT2D eigenvalue weighted by Crippen LogP contribution is -2.49. The van der Waals surface area contributed by atoms with E-state index in [1.54, 1.807) is 0 Å². The molecule has 0 aliphatic heterocycles. The Kier molecular flexibility index (Phi) is 13.2. The highest BCUT2D eigenvalue weighted by Crippen LogP contribution is 2.09. The molecule has 0 amide bonds. The molecule has 0 aliphatic carbocycles. The fraction of sp³-hybridized carbons (Fsp3) is 0.750. The van der Waals surface area contributed by atoms with Crippen LogP contribution in [0.4, 0.5) is 0 Å². The van der Waals surface area contributed by atoms with E-state index in [1.807, 2.05) is 0 Å². The number of carbonyl (C=O) groups is 4. The van der Waals surface area contributed by atoms with Crippen LogP contribution in [0.3, 0.4) is 0 Å². The molecule has 10 N–H and O–H groups in total. The second-order valence-corrected chi connectivity index (χ2v) is 6.44. The number of rotatable bonds is 13. The molecule has 0 fully saturated rings. The molecule has 0 bridgehead atoms. The Morgan fingerprint density at radius 1 is 0.531 bits per heavy atom. The molecule has 0 spiro atoms. The zero-order chi connectivity index (χ0) is 25.2. The van der Waals surface area contributed by atoms with Crippen molar-refractivity contribution in [3.05, 3.63) is 0 Å². The van der Waals surface area contributed by atoms with Gasteiger partial charge >= 0.3 is 23.9 Å². The van der Waals surface area contributed by atoms with Gasteiger partial charge in [0.05, 0.1) is 26.1 Å². The first-order valence-electron chi connectivity index (χ1n) is 8.93. The molecule has 0 saturated carbocycles. The van der Waals surface area contributed by atoms with E-state index in [4.69, 9.17) is 20.4 Å². The van der Waals surface area contributed by atoms with Gasteiger partial charge in [-0.2, -0.15) is 0 Å². The Morgan fingerprint density at radius 3 is 1.06 bits per heavy atom.